The van der Waals surface area contributed by atoms with E-state index in [1.54, 1.807) is 12.1 Å². The Balaban J connectivity index is 2.49. The van der Waals surface area contributed by atoms with Crippen LogP contribution >= 0.6 is 22.6 Å². The van der Waals surface area contributed by atoms with E-state index >= 15 is 0 Å². The summed E-state index contributed by atoms with van der Waals surface area (Å²) in [6.45, 7) is 0. The minimum Gasteiger partial charge on any atom is -0.442 e. The van der Waals surface area contributed by atoms with E-state index in [1.165, 1.54) is 24.3 Å². The van der Waals surface area contributed by atoms with Gasteiger partial charge in [0.15, 0.2) is 12.0 Å². The third-order valence-electron chi connectivity index (χ3n) is 2.11. The van der Waals surface area contributed by atoms with Crippen LogP contribution in [0.4, 0.5) is 0 Å². The number of aldehydes is 1. The zero-order chi connectivity index (χ0) is 12.5. The molecule has 6 heteroatoms. The Bertz CT molecular complexity index is 640. The maximum Gasteiger partial charge on any atom is 0.239 e. The van der Waals surface area contributed by atoms with Crippen molar-refractivity contribution in [1.29, 1.82) is 0 Å². The van der Waals surface area contributed by atoms with Gasteiger partial charge in [-0.2, -0.15) is 0 Å². The molecule has 0 saturated heterocycles. The molecular weight excluding hydrogens is 355 g/mol. The standard InChI is InChI=1S/C11H7IO4S/c12-8-1-4-10(5-2-8)17(14,15)11-6-3-9(7-13)16-11/h1-7H. The van der Waals surface area contributed by atoms with Crippen molar-refractivity contribution in [1.82, 2.24) is 0 Å². The van der Waals surface area contributed by atoms with Gasteiger partial charge in [-0.25, -0.2) is 8.42 Å². The Morgan fingerprint density at radius 2 is 1.71 bits per heavy atom. The molecule has 0 saturated carbocycles. The molecule has 1 aromatic carbocycles. The zero-order valence-electron chi connectivity index (χ0n) is 8.46. The van der Waals surface area contributed by atoms with E-state index in [0.717, 1.165) is 3.57 Å². The number of halogens is 1. The summed E-state index contributed by atoms with van der Waals surface area (Å²) in [6, 6.07) is 8.98. The van der Waals surface area contributed by atoms with Crippen LogP contribution < -0.4 is 0 Å². The van der Waals surface area contributed by atoms with Gasteiger partial charge in [0.1, 0.15) is 0 Å². The lowest BCUT2D eigenvalue weighted by Gasteiger charge is -2.00. The summed E-state index contributed by atoms with van der Waals surface area (Å²) in [5, 5.41) is -0.221. The number of carbonyl (C=O) groups excluding carboxylic acids is 1. The van der Waals surface area contributed by atoms with Crippen LogP contribution in [0.2, 0.25) is 0 Å². The Labute approximate surface area is 112 Å². The summed E-state index contributed by atoms with van der Waals surface area (Å²) in [5.74, 6) is -0.00548. The van der Waals surface area contributed by atoms with E-state index < -0.39 is 9.84 Å². The number of carbonyl (C=O) groups is 1. The van der Waals surface area contributed by atoms with Crippen LogP contribution in [0.1, 0.15) is 10.6 Å². The highest BCUT2D eigenvalue weighted by Gasteiger charge is 2.21. The third-order valence-corrected chi connectivity index (χ3v) is 4.47. The molecule has 2 aromatic rings. The summed E-state index contributed by atoms with van der Waals surface area (Å²) in [7, 11) is -3.67. The Hall–Kier alpha value is -1.15. The van der Waals surface area contributed by atoms with Crippen molar-refractivity contribution in [3.63, 3.8) is 0 Å². The van der Waals surface area contributed by atoms with Gasteiger partial charge in [-0.15, -0.1) is 0 Å². The lowest BCUT2D eigenvalue weighted by molar-refractivity contribution is 0.109. The van der Waals surface area contributed by atoms with Crippen molar-refractivity contribution < 1.29 is 17.6 Å². The van der Waals surface area contributed by atoms with Crippen LogP contribution in [0.5, 0.6) is 0 Å². The second kappa shape index (κ2) is 4.61. The molecule has 0 aliphatic rings. The van der Waals surface area contributed by atoms with Gasteiger partial charge >= 0.3 is 0 Å². The Kier molecular flexibility index (Phi) is 3.34. The molecule has 88 valence electrons. The molecule has 0 unspecified atom stereocenters. The number of benzene rings is 1. The first-order chi connectivity index (χ1) is 8.04. The van der Waals surface area contributed by atoms with Crippen LogP contribution in [-0.2, 0) is 9.84 Å². The van der Waals surface area contributed by atoms with Crippen molar-refractivity contribution in [2.24, 2.45) is 0 Å². The largest absolute Gasteiger partial charge is 0.442 e. The van der Waals surface area contributed by atoms with E-state index in [4.69, 9.17) is 4.42 Å². The smallest absolute Gasteiger partial charge is 0.239 e. The first-order valence-electron chi connectivity index (χ1n) is 4.60. The van der Waals surface area contributed by atoms with Gasteiger partial charge in [0, 0.05) is 3.57 Å². The lowest BCUT2D eigenvalue weighted by Crippen LogP contribution is -2.00. The number of hydrogen-bond acceptors (Lipinski definition) is 4. The highest BCUT2D eigenvalue weighted by atomic mass is 127. The molecule has 2 rings (SSSR count). The molecule has 4 nitrogen and oxygen atoms in total. The fraction of sp³-hybridized carbons (Fsp3) is 0. The van der Waals surface area contributed by atoms with Crippen molar-refractivity contribution in [2.75, 3.05) is 0 Å². The van der Waals surface area contributed by atoms with Crippen LogP contribution in [0.15, 0.2) is 50.8 Å². The topological polar surface area (TPSA) is 64.3 Å². The highest BCUT2D eigenvalue weighted by Crippen LogP contribution is 2.22. The molecule has 0 N–H and O–H groups in total. The van der Waals surface area contributed by atoms with Crippen molar-refractivity contribution in [3.8, 4) is 0 Å². The van der Waals surface area contributed by atoms with E-state index in [0.29, 0.717) is 6.29 Å². The van der Waals surface area contributed by atoms with Crippen LogP contribution in [-0.4, -0.2) is 14.7 Å². The van der Waals surface area contributed by atoms with Crippen LogP contribution in [0.3, 0.4) is 0 Å². The Morgan fingerprint density at radius 3 is 2.24 bits per heavy atom. The summed E-state index contributed by atoms with van der Waals surface area (Å²) in [4.78, 5) is 10.6. The van der Waals surface area contributed by atoms with Crippen molar-refractivity contribution in [2.45, 2.75) is 9.99 Å². The fourth-order valence-corrected chi connectivity index (χ4v) is 2.81. The third kappa shape index (κ3) is 2.42. The average molecular weight is 362 g/mol. The van der Waals surface area contributed by atoms with Gasteiger partial charge in [0.2, 0.25) is 14.9 Å². The van der Waals surface area contributed by atoms with Gasteiger partial charge in [-0.05, 0) is 59.0 Å². The molecule has 1 aromatic heterocycles. The number of furan rings is 1. The molecule has 0 bridgehead atoms. The molecule has 0 atom stereocenters. The first-order valence-corrected chi connectivity index (χ1v) is 7.16. The normalized spacial score (nSPS) is 11.4. The first kappa shape index (κ1) is 12.3. The summed E-state index contributed by atoms with van der Waals surface area (Å²) >= 11 is 2.08. The number of rotatable bonds is 3. The predicted molar refractivity (Wildman–Crippen MR) is 68.7 cm³/mol. The van der Waals surface area contributed by atoms with Crippen LogP contribution in [0, 0.1) is 3.57 Å². The molecule has 0 radical (unpaired) electrons. The minimum atomic E-state index is -3.67. The van der Waals surface area contributed by atoms with Gasteiger partial charge in [-0.1, -0.05) is 0 Å². The second-order valence-electron chi connectivity index (χ2n) is 3.23. The molecule has 0 fully saturated rings. The maximum absolute atomic E-state index is 12.1. The molecular formula is C11H7IO4S. The quantitative estimate of drug-likeness (QED) is 0.622. The van der Waals surface area contributed by atoms with Gasteiger partial charge in [0.05, 0.1) is 4.90 Å². The lowest BCUT2D eigenvalue weighted by atomic mass is 10.4. The van der Waals surface area contributed by atoms with Gasteiger partial charge in [-0.3, -0.25) is 4.79 Å². The zero-order valence-corrected chi connectivity index (χ0v) is 11.4. The predicted octanol–water partition coefficient (Wildman–Crippen LogP) is 2.53. The molecule has 0 aliphatic heterocycles. The van der Waals surface area contributed by atoms with E-state index in [-0.39, 0.29) is 15.7 Å². The molecule has 0 amide bonds. The summed E-state index contributed by atoms with van der Waals surface area (Å²) in [5.41, 5.74) is 0. The SMILES string of the molecule is O=Cc1ccc(S(=O)(=O)c2ccc(I)cc2)o1. The average Bonchev–Trinajstić information content (AvgIpc) is 2.78. The summed E-state index contributed by atoms with van der Waals surface area (Å²) in [6.07, 6.45) is 0.465. The van der Waals surface area contributed by atoms with E-state index in [9.17, 15) is 13.2 Å². The molecule has 1 heterocycles. The minimum absolute atomic E-state index is 0.00548. The van der Waals surface area contributed by atoms with Gasteiger partial charge < -0.3 is 4.42 Å². The number of sulfone groups is 1. The van der Waals surface area contributed by atoms with E-state index in [1.807, 2.05) is 0 Å². The fourth-order valence-electron chi connectivity index (χ4n) is 1.27. The maximum atomic E-state index is 12.1. The van der Waals surface area contributed by atoms with Crippen molar-refractivity contribution >= 4 is 38.7 Å². The highest BCUT2D eigenvalue weighted by molar-refractivity contribution is 14.1. The summed E-state index contributed by atoms with van der Waals surface area (Å²) < 4.78 is 30.0. The van der Waals surface area contributed by atoms with Gasteiger partial charge in [0.25, 0.3) is 0 Å². The Morgan fingerprint density at radius 1 is 1.06 bits per heavy atom. The number of hydrogen-bond donors (Lipinski definition) is 0. The van der Waals surface area contributed by atoms with E-state index in [2.05, 4.69) is 22.6 Å². The molecule has 17 heavy (non-hydrogen) atoms. The monoisotopic (exact) mass is 362 g/mol. The molecule has 0 spiro atoms. The van der Waals surface area contributed by atoms with Crippen LogP contribution in [0.25, 0.3) is 0 Å². The van der Waals surface area contributed by atoms with Crippen molar-refractivity contribution in [3.05, 3.63) is 45.7 Å². The second-order valence-corrected chi connectivity index (χ2v) is 6.36. The molecule has 0 aliphatic carbocycles.